The molecule has 0 aliphatic carbocycles. The second-order valence-electron chi connectivity index (χ2n) is 5.22. The number of para-hydroxylation sites is 1. The van der Waals surface area contributed by atoms with Crippen LogP contribution in [0.25, 0.3) is 0 Å². The van der Waals surface area contributed by atoms with Crippen LogP contribution < -0.4 is 15.4 Å². The summed E-state index contributed by atoms with van der Waals surface area (Å²) in [6.07, 6.45) is 1.89. The lowest BCUT2D eigenvalue weighted by molar-refractivity contribution is 0.311. The Hall–Kier alpha value is -1.35. The van der Waals surface area contributed by atoms with Gasteiger partial charge in [0.2, 0.25) is 0 Å². The molecule has 0 atom stereocenters. The third kappa shape index (κ3) is 8.53. The number of aliphatic imine (C=N–C) groups is 1. The van der Waals surface area contributed by atoms with Crippen LogP contribution in [-0.4, -0.2) is 30.6 Å². The summed E-state index contributed by atoms with van der Waals surface area (Å²) in [5.41, 5.74) is 1.03. The van der Waals surface area contributed by atoms with Crippen molar-refractivity contribution in [2.75, 3.05) is 19.7 Å². The zero-order valence-electron chi connectivity index (χ0n) is 14.8. The average molecular weight is 474 g/mol. The SMILES string of the molecule is CCNC(=NCc1csc(CC)n1)NCCCOc1ccccc1.I. The van der Waals surface area contributed by atoms with Gasteiger partial charge < -0.3 is 15.4 Å². The maximum Gasteiger partial charge on any atom is 0.191 e. The second kappa shape index (κ2) is 12.9. The zero-order valence-corrected chi connectivity index (χ0v) is 18.0. The van der Waals surface area contributed by atoms with Crippen molar-refractivity contribution in [3.05, 3.63) is 46.4 Å². The van der Waals surface area contributed by atoms with Crippen LogP contribution in [0.3, 0.4) is 0 Å². The highest BCUT2D eigenvalue weighted by Gasteiger charge is 2.01. The molecule has 1 aromatic carbocycles. The molecule has 0 fully saturated rings. The van der Waals surface area contributed by atoms with Crippen molar-refractivity contribution >= 4 is 41.3 Å². The van der Waals surface area contributed by atoms with Crippen molar-refractivity contribution in [1.29, 1.82) is 0 Å². The lowest BCUT2D eigenvalue weighted by atomic mass is 10.3. The Morgan fingerprint density at radius 2 is 2.00 bits per heavy atom. The Labute approximate surface area is 171 Å². The zero-order chi connectivity index (χ0) is 17.0. The van der Waals surface area contributed by atoms with Crippen LogP contribution >= 0.6 is 35.3 Å². The van der Waals surface area contributed by atoms with Gasteiger partial charge in [0.05, 0.1) is 23.9 Å². The molecule has 0 amide bonds. The predicted molar refractivity (Wildman–Crippen MR) is 116 cm³/mol. The highest BCUT2D eigenvalue weighted by atomic mass is 127. The molecule has 0 unspecified atom stereocenters. The number of nitrogens with one attached hydrogen (secondary N) is 2. The second-order valence-corrected chi connectivity index (χ2v) is 6.17. The molecule has 0 aliphatic heterocycles. The van der Waals surface area contributed by atoms with E-state index in [2.05, 4.69) is 39.8 Å². The maximum atomic E-state index is 5.68. The van der Waals surface area contributed by atoms with Crippen LogP contribution in [0.1, 0.15) is 31.0 Å². The van der Waals surface area contributed by atoms with Gasteiger partial charge in [-0.1, -0.05) is 25.1 Å². The summed E-state index contributed by atoms with van der Waals surface area (Å²) in [5.74, 6) is 1.73. The number of rotatable bonds is 9. The van der Waals surface area contributed by atoms with Gasteiger partial charge in [0, 0.05) is 18.5 Å². The topological polar surface area (TPSA) is 58.5 Å². The molecule has 1 aromatic heterocycles. The summed E-state index contributed by atoms with van der Waals surface area (Å²) >= 11 is 1.70. The third-order valence-electron chi connectivity index (χ3n) is 3.27. The Kier molecular flexibility index (Phi) is 11.2. The van der Waals surface area contributed by atoms with E-state index in [0.717, 1.165) is 48.3 Å². The van der Waals surface area contributed by atoms with Gasteiger partial charge in [-0.05, 0) is 31.9 Å². The number of aryl methyl sites for hydroxylation is 1. The van der Waals surface area contributed by atoms with Gasteiger partial charge in [-0.15, -0.1) is 35.3 Å². The number of halogens is 1. The number of ether oxygens (including phenoxy) is 1. The molecule has 2 N–H and O–H groups in total. The first-order valence-corrected chi connectivity index (χ1v) is 9.33. The minimum Gasteiger partial charge on any atom is -0.494 e. The molecule has 2 rings (SSSR count). The Balaban J connectivity index is 0.00000312. The molecule has 0 saturated carbocycles. The van der Waals surface area contributed by atoms with E-state index < -0.39 is 0 Å². The molecular weight excluding hydrogens is 447 g/mol. The normalized spacial score (nSPS) is 10.9. The Morgan fingerprint density at radius 3 is 2.68 bits per heavy atom. The number of aromatic nitrogens is 1. The first kappa shape index (κ1) is 21.7. The van der Waals surface area contributed by atoms with Crippen molar-refractivity contribution in [3.8, 4) is 5.75 Å². The molecule has 25 heavy (non-hydrogen) atoms. The largest absolute Gasteiger partial charge is 0.494 e. The highest BCUT2D eigenvalue weighted by molar-refractivity contribution is 14.0. The molecule has 0 saturated heterocycles. The first-order chi connectivity index (χ1) is 11.8. The van der Waals surface area contributed by atoms with Crippen molar-refractivity contribution < 1.29 is 4.74 Å². The van der Waals surface area contributed by atoms with Crippen molar-refractivity contribution in [2.24, 2.45) is 4.99 Å². The molecule has 2 aromatic rings. The summed E-state index contributed by atoms with van der Waals surface area (Å²) < 4.78 is 5.68. The molecule has 138 valence electrons. The number of nitrogens with zero attached hydrogens (tertiary/aromatic N) is 2. The van der Waals surface area contributed by atoms with E-state index in [1.807, 2.05) is 30.3 Å². The lowest BCUT2D eigenvalue weighted by Crippen LogP contribution is -2.38. The molecule has 7 heteroatoms. The fourth-order valence-electron chi connectivity index (χ4n) is 2.07. The van der Waals surface area contributed by atoms with E-state index in [0.29, 0.717) is 13.2 Å². The van der Waals surface area contributed by atoms with E-state index in [-0.39, 0.29) is 24.0 Å². The Bertz CT molecular complexity index is 619. The summed E-state index contributed by atoms with van der Waals surface area (Å²) in [7, 11) is 0. The number of hydrogen-bond acceptors (Lipinski definition) is 4. The van der Waals surface area contributed by atoms with E-state index in [4.69, 9.17) is 4.74 Å². The maximum absolute atomic E-state index is 5.68. The number of thiazole rings is 1. The molecule has 0 spiro atoms. The van der Waals surface area contributed by atoms with Crippen LogP contribution in [0.4, 0.5) is 0 Å². The van der Waals surface area contributed by atoms with Gasteiger partial charge in [-0.2, -0.15) is 0 Å². The van der Waals surface area contributed by atoms with Gasteiger partial charge in [-0.3, -0.25) is 0 Å². The monoisotopic (exact) mass is 474 g/mol. The van der Waals surface area contributed by atoms with Crippen LogP contribution in [0.2, 0.25) is 0 Å². The van der Waals surface area contributed by atoms with Crippen molar-refractivity contribution in [3.63, 3.8) is 0 Å². The molecular formula is C18H27IN4OS. The highest BCUT2D eigenvalue weighted by Crippen LogP contribution is 2.11. The molecule has 0 bridgehead atoms. The number of guanidine groups is 1. The first-order valence-electron chi connectivity index (χ1n) is 8.45. The average Bonchev–Trinajstić information content (AvgIpc) is 3.08. The predicted octanol–water partition coefficient (Wildman–Crippen LogP) is 3.85. The summed E-state index contributed by atoms with van der Waals surface area (Å²) in [5, 5.41) is 9.83. The minimum absolute atomic E-state index is 0. The van der Waals surface area contributed by atoms with Crippen LogP contribution in [0.15, 0.2) is 40.7 Å². The molecule has 1 heterocycles. The smallest absolute Gasteiger partial charge is 0.191 e. The standard InChI is InChI=1S/C18H26N4OS.HI/c1-3-17-22-15(14-24-17)13-21-18(19-4-2)20-11-8-12-23-16-9-6-5-7-10-16;/h5-7,9-10,14H,3-4,8,11-13H2,1-2H3,(H2,19,20,21);1H. The minimum atomic E-state index is 0. The molecule has 5 nitrogen and oxygen atoms in total. The number of benzene rings is 1. The van der Waals surface area contributed by atoms with Crippen LogP contribution in [0, 0.1) is 0 Å². The van der Waals surface area contributed by atoms with Crippen LogP contribution in [0.5, 0.6) is 5.75 Å². The third-order valence-corrected chi connectivity index (χ3v) is 4.31. The van der Waals surface area contributed by atoms with E-state index >= 15 is 0 Å². The van der Waals surface area contributed by atoms with E-state index in [1.54, 1.807) is 11.3 Å². The van der Waals surface area contributed by atoms with E-state index in [9.17, 15) is 0 Å². The van der Waals surface area contributed by atoms with Gasteiger partial charge in [-0.25, -0.2) is 9.98 Å². The summed E-state index contributed by atoms with van der Waals surface area (Å²) in [4.78, 5) is 9.12. The van der Waals surface area contributed by atoms with Crippen LogP contribution in [-0.2, 0) is 13.0 Å². The van der Waals surface area contributed by atoms with Gasteiger partial charge in [0.15, 0.2) is 5.96 Å². The number of hydrogen-bond donors (Lipinski definition) is 2. The quantitative estimate of drug-likeness (QED) is 0.251. The summed E-state index contributed by atoms with van der Waals surface area (Å²) in [6, 6.07) is 9.88. The fourth-order valence-corrected chi connectivity index (χ4v) is 2.81. The summed E-state index contributed by atoms with van der Waals surface area (Å²) in [6.45, 7) is 7.12. The lowest BCUT2D eigenvalue weighted by Gasteiger charge is -2.11. The molecule has 0 radical (unpaired) electrons. The van der Waals surface area contributed by atoms with E-state index in [1.165, 1.54) is 0 Å². The molecule has 0 aliphatic rings. The van der Waals surface area contributed by atoms with Crippen molar-refractivity contribution in [1.82, 2.24) is 15.6 Å². The van der Waals surface area contributed by atoms with Crippen molar-refractivity contribution in [2.45, 2.75) is 33.2 Å². The Morgan fingerprint density at radius 1 is 1.20 bits per heavy atom. The van der Waals surface area contributed by atoms with Gasteiger partial charge >= 0.3 is 0 Å². The van der Waals surface area contributed by atoms with Gasteiger partial charge in [0.25, 0.3) is 0 Å². The van der Waals surface area contributed by atoms with Gasteiger partial charge in [0.1, 0.15) is 5.75 Å². The fraction of sp³-hybridized carbons (Fsp3) is 0.444.